The van der Waals surface area contributed by atoms with Crippen LogP contribution in [0.5, 0.6) is 0 Å². The molecular formula is C24H28N2O5. The van der Waals surface area contributed by atoms with Crippen LogP contribution in [0.2, 0.25) is 0 Å². The second-order valence-electron chi connectivity index (χ2n) is 7.77. The summed E-state index contributed by atoms with van der Waals surface area (Å²) < 4.78 is 5.50. The van der Waals surface area contributed by atoms with E-state index in [4.69, 9.17) is 9.84 Å². The van der Waals surface area contributed by atoms with Gasteiger partial charge in [0.25, 0.3) is 0 Å². The number of amides is 2. The third kappa shape index (κ3) is 5.42. The van der Waals surface area contributed by atoms with Gasteiger partial charge in [-0.25, -0.2) is 4.79 Å². The van der Waals surface area contributed by atoms with Crippen LogP contribution in [0.3, 0.4) is 0 Å². The molecule has 0 radical (unpaired) electrons. The number of rotatable bonds is 9. The predicted molar refractivity (Wildman–Crippen MR) is 117 cm³/mol. The summed E-state index contributed by atoms with van der Waals surface area (Å²) in [5.74, 6) is -1.32. The smallest absolute Gasteiger partial charge is 0.407 e. The summed E-state index contributed by atoms with van der Waals surface area (Å²) in [7, 11) is 0. The van der Waals surface area contributed by atoms with E-state index < -0.39 is 18.1 Å². The van der Waals surface area contributed by atoms with E-state index in [0.29, 0.717) is 12.8 Å². The lowest BCUT2D eigenvalue weighted by Gasteiger charge is -2.20. The molecule has 0 spiro atoms. The average molecular weight is 424 g/mol. The molecule has 3 N–H and O–H groups in total. The number of benzene rings is 2. The number of fused-ring (bicyclic) bond motifs is 3. The zero-order valence-corrected chi connectivity index (χ0v) is 17.8. The summed E-state index contributed by atoms with van der Waals surface area (Å²) >= 11 is 0. The molecule has 1 aliphatic rings. The maximum absolute atomic E-state index is 12.4. The minimum absolute atomic E-state index is 0.0297. The largest absolute Gasteiger partial charge is 0.481 e. The van der Waals surface area contributed by atoms with Crippen molar-refractivity contribution < 1.29 is 24.2 Å². The van der Waals surface area contributed by atoms with Crippen LogP contribution in [0, 0.1) is 0 Å². The second-order valence-corrected chi connectivity index (χ2v) is 7.77. The first-order valence-corrected chi connectivity index (χ1v) is 10.5. The first-order chi connectivity index (χ1) is 14.9. The Morgan fingerprint density at radius 2 is 1.58 bits per heavy atom. The second kappa shape index (κ2) is 10.1. The fourth-order valence-electron chi connectivity index (χ4n) is 3.89. The molecule has 2 amide bonds. The number of hydrogen-bond donors (Lipinski definition) is 3. The zero-order chi connectivity index (χ0) is 22.4. The van der Waals surface area contributed by atoms with Gasteiger partial charge in [0.1, 0.15) is 12.6 Å². The van der Waals surface area contributed by atoms with E-state index in [-0.39, 0.29) is 30.9 Å². The van der Waals surface area contributed by atoms with E-state index in [9.17, 15) is 14.4 Å². The van der Waals surface area contributed by atoms with E-state index in [2.05, 4.69) is 22.8 Å². The molecule has 31 heavy (non-hydrogen) atoms. The predicted octanol–water partition coefficient (Wildman–Crippen LogP) is 3.67. The quantitative estimate of drug-likeness (QED) is 0.570. The first kappa shape index (κ1) is 22.3. The Kier molecular flexibility index (Phi) is 7.28. The summed E-state index contributed by atoms with van der Waals surface area (Å²) in [5.41, 5.74) is 4.53. The van der Waals surface area contributed by atoms with Crippen molar-refractivity contribution in [3.8, 4) is 11.1 Å². The molecule has 2 aromatic carbocycles. The number of ether oxygens (including phenoxy) is 1. The molecule has 1 aliphatic carbocycles. The molecule has 0 heterocycles. The highest BCUT2D eigenvalue weighted by molar-refractivity contribution is 5.86. The minimum Gasteiger partial charge on any atom is -0.481 e. The lowest BCUT2D eigenvalue weighted by atomic mass is 9.98. The Labute approximate surface area is 181 Å². The number of carboxylic acids is 1. The Hall–Kier alpha value is -3.35. The number of hydrogen-bond acceptors (Lipinski definition) is 4. The molecule has 2 atom stereocenters. The molecule has 0 fully saturated rings. The van der Waals surface area contributed by atoms with Gasteiger partial charge < -0.3 is 20.5 Å². The van der Waals surface area contributed by atoms with Crippen molar-refractivity contribution in [1.82, 2.24) is 10.6 Å². The zero-order valence-electron chi connectivity index (χ0n) is 17.8. The number of alkyl carbamates (subject to hydrolysis) is 1. The molecule has 0 saturated heterocycles. The third-order valence-electron chi connectivity index (χ3n) is 5.54. The molecule has 0 bridgehead atoms. The van der Waals surface area contributed by atoms with Gasteiger partial charge in [-0.15, -0.1) is 0 Å². The first-order valence-electron chi connectivity index (χ1n) is 10.5. The Morgan fingerprint density at radius 1 is 1.00 bits per heavy atom. The minimum atomic E-state index is -0.912. The van der Waals surface area contributed by atoms with Gasteiger partial charge in [0.15, 0.2) is 0 Å². The van der Waals surface area contributed by atoms with E-state index in [0.717, 1.165) is 22.3 Å². The summed E-state index contributed by atoms with van der Waals surface area (Å²) in [6.07, 6.45) is 0.0318. The Morgan fingerprint density at radius 3 is 2.13 bits per heavy atom. The van der Waals surface area contributed by atoms with Crippen molar-refractivity contribution in [1.29, 1.82) is 0 Å². The Balaban J connectivity index is 1.57. The number of aliphatic carboxylic acids is 1. The summed E-state index contributed by atoms with van der Waals surface area (Å²) in [5, 5.41) is 14.1. The van der Waals surface area contributed by atoms with E-state index >= 15 is 0 Å². The molecular weight excluding hydrogens is 396 g/mol. The van der Waals surface area contributed by atoms with Gasteiger partial charge in [-0.2, -0.15) is 0 Å². The summed E-state index contributed by atoms with van der Waals surface area (Å²) in [4.78, 5) is 35.5. The molecule has 0 aromatic heterocycles. The van der Waals surface area contributed by atoms with Gasteiger partial charge in [0, 0.05) is 18.4 Å². The Bertz CT molecular complexity index is 913. The van der Waals surface area contributed by atoms with Crippen molar-refractivity contribution in [2.24, 2.45) is 0 Å². The number of carboxylic acid groups (broad SMARTS) is 1. The van der Waals surface area contributed by atoms with Crippen LogP contribution in [-0.4, -0.2) is 41.8 Å². The lowest BCUT2D eigenvalue weighted by molar-refractivity contribution is -0.137. The van der Waals surface area contributed by atoms with Crippen LogP contribution in [0.15, 0.2) is 48.5 Å². The molecule has 164 valence electrons. The number of nitrogens with one attached hydrogen (secondary N) is 2. The number of carbonyl (C=O) groups is 3. The topological polar surface area (TPSA) is 105 Å². The monoisotopic (exact) mass is 424 g/mol. The van der Waals surface area contributed by atoms with Gasteiger partial charge in [-0.3, -0.25) is 9.59 Å². The van der Waals surface area contributed by atoms with Crippen LogP contribution in [0.25, 0.3) is 11.1 Å². The van der Waals surface area contributed by atoms with Crippen LogP contribution < -0.4 is 10.6 Å². The highest BCUT2D eigenvalue weighted by Crippen LogP contribution is 2.44. The SMILES string of the molecule is CCC(NC(=O)OCC1c2ccccc2-c2ccccc21)C(=O)NC(C)CCC(=O)O. The maximum Gasteiger partial charge on any atom is 0.407 e. The standard InChI is InChI=1S/C24H28N2O5/c1-3-21(23(29)25-15(2)12-13-22(27)28)26-24(30)31-14-20-18-10-6-4-8-16(18)17-9-5-7-11-19(17)20/h4-11,15,20-21H,3,12-14H2,1-2H3,(H,25,29)(H,26,30)(H,27,28). The normalized spacial score (nSPS) is 14.1. The van der Waals surface area contributed by atoms with Gasteiger partial charge in [0.05, 0.1) is 0 Å². The number of carbonyl (C=O) groups excluding carboxylic acids is 2. The van der Waals surface area contributed by atoms with Crippen LogP contribution in [0.4, 0.5) is 4.79 Å². The fourth-order valence-corrected chi connectivity index (χ4v) is 3.89. The van der Waals surface area contributed by atoms with Gasteiger partial charge in [-0.1, -0.05) is 55.5 Å². The summed E-state index contributed by atoms with van der Waals surface area (Å²) in [6, 6.07) is 15.1. The van der Waals surface area contributed by atoms with Crippen LogP contribution >= 0.6 is 0 Å². The van der Waals surface area contributed by atoms with Crippen LogP contribution in [0.1, 0.15) is 50.2 Å². The van der Waals surface area contributed by atoms with E-state index in [1.54, 1.807) is 13.8 Å². The molecule has 0 saturated carbocycles. The molecule has 2 unspecified atom stereocenters. The lowest BCUT2D eigenvalue weighted by Crippen LogP contribution is -2.49. The molecule has 0 aliphatic heterocycles. The van der Waals surface area contributed by atoms with E-state index in [1.165, 1.54) is 0 Å². The van der Waals surface area contributed by atoms with Gasteiger partial charge >= 0.3 is 12.1 Å². The fraction of sp³-hybridized carbons (Fsp3) is 0.375. The summed E-state index contributed by atoms with van der Waals surface area (Å²) in [6.45, 7) is 3.70. The molecule has 2 aromatic rings. The van der Waals surface area contributed by atoms with Crippen molar-refractivity contribution in [2.75, 3.05) is 6.61 Å². The van der Waals surface area contributed by atoms with Crippen molar-refractivity contribution in [3.05, 3.63) is 59.7 Å². The molecule has 3 rings (SSSR count). The van der Waals surface area contributed by atoms with Crippen molar-refractivity contribution in [2.45, 2.75) is 51.1 Å². The average Bonchev–Trinajstić information content (AvgIpc) is 3.08. The molecule has 7 heteroatoms. The van der Waals surface area contributed by atoms with E-state index in [1.807, 2.05) is 36.4 Å². The van der Waals surface area contributed by atoms with Gasteiger partial charge in [0.2, 0.25) is 5.91 Å². The van der Waals surface area contributed by atoms with Crippen LogP contribution in [-0.2, 0) is 14.3 Å². The van der Waals surface area contributed by atoms with Gasteiger partial charge in [-0.05, 0) is 42.0 Å². The van der Waals surface area contributed by atoms with Crippen molar-refractivity contribution in [3.63, 3.8) is 0 Å². The third-order valence-corrected chi connectivity index (χ3v) is 5.54. The molecule has 7 nitrogen and oxygen atoms in total. The van der Waals surface area contributed by atoms with Crippen molar-refractivity contribution >= 4 is 18.0 Å². The highest BCUT2D eigenvalue weighted by Gasteiger charge is 2.29. The maximum atomic E-state index is 12.4. The highest BCUT2D eigenvalue weighted by atomic mass is 16.5.